The van der Waals surface area contributed by atoms with Crippen LogP contribution in [0.5, 0.6) is 5.75 Å². The fraction of sp³-hybridized carbons (Fsp3) is 0.562. The summed E-state index contributed by atoms with van der Waals surface area (Å²) in [5.41, 5.74) is 5.91. The molecule has 0 aliphatic heterocycles. The number of anilines is 1. The Labute approximate surface area is 124 Å². The van der Waals surface area contributed by atoms with Crippen molar-refractivity contribution >= 4 is 11.6 Å². The topological polar surface area (TPSA) is 64.4 Å². The van der Waals surface area contributed by atoms with Crippen LogP contribution < -0.4 is 15.8 Å². The number of nitrogens with two attached hydrogens (primary N) is 1. The molecule has 5 heteroatoms. The van der Waals surface area contributed by atoms with Gasteiger partial charge in [0.1, 0.15) is 0 Å². The third-order valence-electron chi connectivity index (χ3n) is 3.76. The van der Waals surface area contributed by atoms with Crippen LogP contribution in [0.4, 0.5) is 10.1 Å². The van der Waals surface area contributed by atoms with Gasteiger partial charge in [0, 0.05) is 11.8 Å². The van der Waals surface area contributed by atoms with Crippen molar-refractivity contribution in [1.29, 1.82) is 0 Å². The van der Waals surface area contributed by atoms with Gasteiger partial charge in [-0.1, -0.05) is 20.8 Å². The first-order valence-corrected chi connectivity index (χ1v) is 7.30. The van der Waals surface area contributed by atoms with Crippen LogP contribution in [0.1, 0.15) is 40.0 Å². The van der Waals surface area contributed by atoms with Gasteiger partial charge in [0.2, 0.25) is 5.91 Å². The minimum atomic E-state index is -0.661. The quantitative estimate of drug-likeness (QED) is 0.897. The van der Waals surface area contributed by atoms with Crippen LogP contribution in [0, 0.1) is 11.2 Å². The largest absolute Gasteiger partial charge is 0.487 e. The molecule has 0 bridgehead atoms. The standard InChI is InChI=1S/C16H23FN2O2/c1-16(2,3)14(18)15(20)19-10-7-8-13(12(17)9-10)21-11-5-4-6-11/h7-9,11,14H,4-6,18H2,1-3H3,(H,19,20)/t14-/m1/s1. The second-order valence-corrected chi connectivity index (χ2v) is 6.65. The summed E-state index contributed by atoms with van der Waals surface area (Å²) in [6.45, 7) is 5.65. The first-order chi connectivity index (χ1) is 9.77. The van der Waals surface area contributed by atoms with Crippen molar-refractivity contribution in [3.05, 3.63) is 24.0 Å². The highest BCUT2D eigenvalue weighted by Gasteiger charge is 2.27. The number of amides is 1. The Morgan fingerprint density at radius 2 is 2.10 bits per heavy atom. The maximum atomic E-state index is 13.9. The average molecular weight is 294 g/mol. The van der Waals surface area contributed by atoms with Crippen molar-refractivity contribution in [3.63, 3.8) is 0 Å². The Balaban J connectivity index is 2.01. The number of nitrogens with one attached hydrogen (secondary N) is 1. The van der Waals surface area contributed by atoms with E-state index < -0.39 is 11.9 Å². The zero-order valence-corrected chi connectivity index (χ0v) is 12.8. The first kappa shape index (κ1) is 15.8. The van der Waals surface area contributed by atoms with Crippen LogP contribution >= 0.6 is 0 Å². The maximum absolute atomic E-state index is 13.9. The molecule has 0 unspecified atom stereocenters. The summed E-state index contributed by atoms with van der Waals surface area (Å²) in [6, 6.07) is 3.78. The summed E-state index contributed by atoms with van der Waals surface area (Å²) < 4.78 is 19.5. The lowest BCUT2D eigenvalue weighted by Crippen LogP contribution is -2.45. The maximum Gasteiger partial charge on any atom is 0.241 e. The van der Waals surface area contributed by atoms with E-state index in [-0.39, 0.29) is 23.2 Å². The number of rotatable bonds is 4. The SMILES string of the molecule is CC(C)(C)[C@H](N)C(=O)Nc1ccc(OC2CCC2)c(F)c1. The number of hydrogen-bond donors (Lipinski definition) is 2. The molecular weight excluding hydrogens is 271 g/mol. The van der Waals surface area contributed by atoms with Gasteiger partial charge in [-0.2, -0.15) is 0 Å². The number of benzene rings is 1. The van der Waals surface area contributed by atoms with Crippen LogP contribution in [-0.2, 0) is 4.79 Å². The van der Waals surface area contributed by atoms with Gasteiger partial charge in [0.05, 0.1) is 12.1 Å². The molecule has 3 N–H and O–H groups in total. The molecule has 1 fully saturated rings. The van der Waals surface area contributed by atoms with Gasteiger partial charge < -0.3 is 15.8 Å². The van der Waals surface area contributed by atoms with Crippen LogP contribution in [0.2, 0.25) is 0 Å². The lowest BCUT2D eigenvalue weighted by Gasteiger charge is -2.27. The minimum absolute atomic E-state index is 0.120. The molecule has 1 aromatic carbocycles. The highest BCUT2D eigenvalue weighted by atomic mass is 19.1. The zero-order valence-electron chi connectivity index (χ0n) is 12.8. The fourth-order valence-electron chi connectivity index (χ4n) is 1.96. The van der Waals surface area contributed by atoms with Gasteiger partial charge in [0.15, 0.2) is 11.6 Å². The van der Waals surface area contributed by atoms with Crippen molar-refractivity contribution in [1.82, 2.24) is 0 Å². The summed E-state index contributed by atoms with van der Waals surface area (Å²) >= 11 is 0. The van der Waals surface area contributed by atoms with Gasteiger partial charge in [0.25, 0.3) is 0 Å². The zero-order chi connectivity index (χ0) is 15.6. The van der Waals surface area contributed by atoms with E-state index in [2.05, 4.69) is 5.32 Å². The molecule has 1 amide bonds. The Kier molecular flexibility index (Phi) is 4.52. The van der Waals surface area contributed by atoms with E-state index in [9.17, 15) is 9.18 Å². The average Bonchev–Trinajstić information content (AvgIpc) is 2.33. The molecule has 116 valence electrons. The third kappa shape index (κ3) is 3.94. The second-order valence-electron chi connectivity index (χ2n) is 6.65. The van der Waals surface area contributed by atoms with Crippen molar-refractivity contribution in [2.45, 2.75) is 52.2 Å². The monoisotopic (exact) mass is 294 g/mol. The molecule has 1 aromatic rings. The Morgan fingerprint density at radius 3 is 2.57 bits per heavy atom. The van der Waals surface area contributed by atoms with Gasteiger partial charge in [-0.05, 0) is 36.8 Å². The van der Waals surface area contributed by atoms with Crippen molar-refractivity contribution in [2.75, 3.05) is 5.32 Å². The first-order valence-electron chi connectivity index (χ1n) is 7.30. The molecule has 1 atom stereocenters. The van der Waals surface area contributed by atoms with Gasteiger partial charge in [-0.25, -0.2) is 4.39 Å². The molecule has 1 saturated carbocycles. The Bertz CT molecular complexity index is 521. The predicted octanol–water partition coefficient (Wildman–Crippen LogP) is 3.07. The lowest BCUT2D eigenvalue weighted by atomic mass is 9.87. The highest BCUT2D eigenvalue weighted by Crippen LogP contribution is 2.28. The van der Waals surface area contributed by atoms with Crippen molar-refractivity contribution in [3.8, 4) is 5.75 Å². The van der Waals surface area contributed by atoms with Crippen LogP contribution in [-0.4, -0.2) is 18.1 Å². The molecule has 21 heavy (non-hydrogen) atoms. The third-order valence-corrected chi connectivity index (χ3v) is 3.76. The summed E-state index contributed by atoms with van der Waals surface area (Å²) in [5, 5.41) is 2.64. The lowest BCUT2D eigenvalue weighted by molar-refractivity contribution is -0.119. The van der Waals surface area contributed by atoms with Crippen LogP contribution in [0.25, 0.3) is 0 Å². The van der Waals surface area contributed by atoms with Crippen LogP contribution in [0.15, 0.2) is 18.2 Å². The normalized spacial score (nSPS) is 17.0. The molecule has 0 radical (unpaired) electrons. The predicted molar refractivity (Wildman–Crippen MR) is 80.7 cm³/mol. The van der Waals surface area contributed by atoms with E-state index in [0.717, 1.165) is 19.3 Å². The fourth-order valence-corrected chi connectivity index (χ4v) is 1.96. The second kappa shape index (κ2) is 6.02. The van der Waals surface area contributed by atoms with Gasteiger partial charge in [-0.15, -0.1) is 0 Å². The number of ether oxygens (including phenoxy) is 1. The smallest absolute Gasteiger partial charge is 0.241 e. The van der Waals surface area contributed by atoms with Gasteiger partial charge >= 0.3 is 0 Å². The molecule has 4 nitrogen and oxygen atoms in total. The number of carbonyl (C=O) groups excluding carboxylic acids is 1. The highest BCUT2D eigenvalue weighted by molar-refractivity contribution is 5.95. The molecule has 1 aliphatic carbocycles. The Hall–Kier alpha value is -1.62. The Morgan fingerprint density at radius 1 is 1.43 bits per heavy atom. The van der Waals surface area contributed by atoms with Crippen LogP contribution in [0.3, 0.4) is 0 Å². The molecule has 1 aliphatic rings. The molecule has 0 spiro atoms. The van der Waals surface area contributed by atoms with Gasteiger partial charge in [-0.3, -0.25) is 4.79 Å². The molecular formula is C16H23FN2O2. The van der Waals surface area contributed by atoms with E-state index in [0.29, 0.717) is 5.69 Å². The molecule has 2 rings (SSSR count). The van der Waals surface area contributed by atoms with E-state index in [4.69, 9.17) is 10.5 Å². The summed E-state index contributed by atoms with van der Waals surface area (Å²) in [7, 11) is 0. The molecule has 0 saturated heterocycles. The number of halogens is 1. The summed E-state index contributed by atoms with van der Waals surface area (Å²) in [4.78, 5) is 12.0. The van der Waals surface area contributed by atoms with E-state index in [1.807, 2.05) is 20.8 Å². The number of carbonyl (C=O) groups is 1. The number of hydrogen-bond acceptors (Lipinski definition) is 3. The summed E-state index contributed by atoms with van der Waals surface area (Å²) in [6.07, 6.45) is 3.19. The summed E-state index contributed by atoms with van der Waals surface area (Å²) in [5.74, 6) is -0.559. The minimum Gasteiger partial charge on any atom is -0.487 e. The molecule has 0 aromatic heterocycles. The van der Waals surface area contributed by atoms with Crippen molar-refractivity contribution in [2.24, 2.45) is 11.1 Å². The van der Waals surface area contributed by atoms with E-state index in [1.54, 1.807) is 12.1 Å². The van der Waals surface area contributed by atoms with E-state index >= 15 is 0 Å². The van der Waals surface area contributed by atoms with E-state index in [1.165, 1.54) is 6.07 Å². The molecule has 0 heterocycles. The van der Waals surface area contributed by atoms with Crippen molar-refractivity contribution < 1.29 is 13.9 Å².